The fourth-order valence-corrected chi connectivity index (χ4v) is 6.09. The number of hydrogen-bond acceptors (Lipinski definition) is 2. The Morgan fingerprint density at radius 3 is 2.03 bits per heavy atom. The molecule has 2 saturated carbocycles. The molecule has 0 saturated heterocycles. The molecule has 4 heteroatoms. The van der Waals surface area contributed by atoms with Gasteiger partial charge in [-0.2, -0.15) is 4.39 Å². The van der Waals surface area contributed by atoms with Crippen LogP contribution in [0.3, 0.4) is 0 Å². The summed E-state index contributed by atoms with van der Waals surface area (Å²) in [4.78, 5) is 0. The van der Waals surface area contributed by atoms with Gasteiger partial charge < -0.3 is 9.84 Å². The quantitative estimate of drug-likeness (QED) is 0.470. The average molecular weight is 423 g/mol. The van der Waals surface area contributed by atoms with E-state index in [1.54, 1.807) is 13.8 Å². The highest BCUT2D eigenvalue weighted by molar-refractivity contribution is 5.39. The molecule has 0 spiro atoms. The van der Waals surface area contributed by atoms with Gasteiger partial charge >= 0.3 is 0 Å². The number of rotatable bonds is 8. The van der Waals surface area contributed by atoms with E-state index < -0.39 is 17.7 Å². The molecule has 2 aliphatic carbocycles. The third kappa shape index (κ3) is 5.55. The molecular weight excluding hydrogens is 382 g/mol. The second-order valence-electron chi connectivity index (χ2n) is 9.77. The monoisotopic (exact) mass is 422 g/mol. The zero-order valence-electron chi connectivity index (χ0n) is 19.1. The summed E-state index contributed by atoms with van der Waals surface area (Å²) in [6, 6.07) is 1.51. The van der Waals surface area contributed by atoms with Gasteiger partial charge in [0, 0.05) is 5.56 Å². The van der Waals surface area contributed by atoms with Gasteiger partial charge in [-0.05, 0) is 81.3 Å². The summed E-state index contributed by atoms with van der Waals surface area (Å²) < 4.78 is 34.1. The molecule has 1 atom stereocenters. The first-order chi connectivity index (χ1) is 14.4. The van der Waals surface area contributed by atoms with Crippen LogP contribution in [0.4, 0.5) is 8.78 Å². The van der Waals surface area contributed by atoms with Crippen molar-refractivity contribution in [2.75, 3.05) is 6.61 Å². The summed E-state index contributed by atoms with van der Waals surface area (Å²) in [5.41, 5.74) is 0.662. The highest BCUT2D eigenvalue weighted by atomic mass is 19.2. The second-order valence-corrected chi connectivity index (χ2v) is 9.77. The summed E-state index contributed by atoms with van der Waals surface area (Å²) in [6.07, 6.45) is 12.5. The van der Waals surface area contributed by atoms with Crippen LogP contribution in [0.15, 0.2) is 6.07 Å². The molecule has 2 aliphatic rings. The fraction of sp³-hybridized carbons (Fsp3) is 0.769. The zero-order chi connectivity index (χ0) is 21.7. The van der Waals surface area contributed by atoms with E-state index in [2.05, 4.69) is 6.92 Å². The Balaban J connectivity index is 1.52. The topological polar surface area (TPSA) is 29.5 Å². The summed E-state index contributed by atoms with van der Waals surface area (Å²) >= 11 is 0. The van der Waals surface area contributed by atoms with Crippen LogP contribution in [0.5, 0.6) is 5.75 Å². The lowest BCUT2D eigenvalue weighted by Gasteiger charge is -2.38. The van der Waals surface area contributed by atoms with E-state index in [1.165, 1.54) is 57.4 Å². The smallest absolute Gasteiger partial charge is 0.201 e. The number of hydrogen-bond donors (Lipinski definition) is 1. The van der Waals surface area contributed by atoms with Gasteiger partial charge in [-0.25, -0.2) is 4.39 Å². The maximum atomic E-state index is 14.6. The molecule has 2 nitrogen and oxygen atoms in total. The Kier molecular flexibility index (Phi) is 8.56. The first kappa shape index (κ1) is 23.5. The molecule has 2 fully saturated rings. The van der Waals surface area contributed by atoms with Gasteiger partial charge in [0.2, 0.25) is 5.82 Å². The second kappa shape index (κ2) is 10.9. The van der Waals surface area contributed by atoms with Gasteiger partial charge in [0.25, 0.3) is 0 Å². The van der Waals surface area contributed by atoms with E-state index in [1.807, 2.05) is 0 Å². The molecule has 0 bridgehead atoms. The third-order valence-corrected chi connectivity index (χ3v) is 7.75. The normalized spacial score (nSPS) is 28.3. The maximum absolute atomic E-state index is 14.6. The van der Waals surface area contributed by atoms with E-state index >= 15 is 0 Å². The van der Waals surface area contributed by atoms with Crippen molar-refractivity contribution in [3.8, 4) is 5.75 Å². The molecule has 30 heavy (non-hydrogen) atoms. The van der Waals surface area contributed by atoms with Crippen molar-refractivity contribution < 1.29 is 18.6 Å². The average Bonchev–Trinajstić information content (AvgIpc) is 2.73. The Hall–Kier alpha value is -1.16. The lowest BCUT2D eigenvalue weighted by molar-refractivity contribution is 0.0980. The number of ether oxygens (including phenoxy) is 1. The van der Waals surface area contributed by atoms with Crippen LogP contribution in [0.2, 0.25) is 0 Å². The molecule has 0 amide bonds. The molecule has 3 rings (SSSR count). The summed E-state index contributed by atoms with van der Waals surface area (Å²) in [5, 5.41) is 10.7. The highest BCUT2D eigenvalue weighted by Crippen LogP contribution is 2.44. The van der Waals surface area contributed by atoms with E-state index in [0.29, 0.717) is 17.9 Å². The van der Waals surface area contributed by atoms with E-state index in [-0.39, 0.29) is 17.9 Å². The maximum Gasteiger partial charge on any atom is 0.201 e. The van der Waals surface area contributed by atoms with Crippen molar-refractivity contribution in [2.45, 2.75) is 97.5 Å². The molecule has 0 aliphatic heterocycles. The van der Waals surface area contributed by atoms with Crippen molar-refractivity contribution in [1.82, 2.24) is 0 Å². The predicted octanol–water partition coefficient (Wildman–Crippen LogP) is 7.51. The van der Waals surface area contributed by atoms with Gasteiger partial charge in [-0.1, -0.05) is 45.4 Å². The molecular formula is C26H40F2O2. The minimum absolute atomic E-state index is 0.0717. The van der Waals surface area contributed by atoms with Gasteiger partial charge in [-0.15, -0.1) is 0 Å². The van der Waals surface area contributed by atoms with Crippen LogP contribution >= 0.6 is 0 Å². The van der Waals surface area contributed by atoms with Crippen LogP contribution in [0, 0.1) is 42.2 Å². The molecule has 0 radical (unpaired) electrons. The van der Waals surface area contributed by atoms with Gasteiger partial charge in [0.05, 0.1) is 12.7 Å². The largest absolute Gasteiger partial charge is 0.491 e. The lowest BCUT2D eigenvalue weighted by atomic mass is 9.68. The van der Waals surface area contributed by atoms with Crippen LogP contribution in [0.1, 0.15) is 102 Å². The number of aliphatic hydroxyl groups is 1. The van der Waals surface area contributed by atoms with E-state index in [9.17, 15) is 13.9 Å². The molecule has 1 unspecified atom stereocenters. The zero-order valence-corrected chi connectivity index (χ0v) is 19.1. The highest BCUT2D eigenvalue weighted by Gasteiger charge is 2.32. The minimum atomic E-state index is -0.987. The molecule has 1 aromatic carbocycles. The molecule has 1 aromatic rings. The summed E-state index contributed by atoms with van der Waals surface area (Å²) in [7, 11) is 0. The number of aliphatic hydroxyl groups excluding tert-OH is 1. The first-order valence-electron chi connectivity index (χ1n) is 12.2. The summed E-state index contributed by atoms with van der Waals surface area (Å²) in [6.45, 7) is 6.02. The van der Waals surface area contributed by atoms with E-state index in [4.69, 9.17) is 4.74 Å². The van der Waals surface area contributed by atoms with Gasteiger partial charge in [-0.3, -0.25) is 0 Å². The van der Waals surface area contributed by atoms with Gasteiger partial charge in [0.15, 0.2) is 11.6 Å². The van der Waals surface area contributed by atoms with Crippen LogP contribution in [-0.4, -0.2) is 11.7 Å². The predicted molar refractivity (Wildman–Crippen MR) is 118 cm³/mol. The fourth-order valence-electron chi connectivity index (χ4n) is 6.09. The Morgan fingerprint density at radius 2 is 1.50 bits per heavy atom. The lowest BCUT2D eigenvalue weighted by Crippen LogP contribution is -2.26. The summed E-state index contributed by atoms with van der Waals surface area (Å²) in [5.74, 6) is 1.03. The van der Waals surface area contributed by atoms with Crippen molar-refractivity contribution in [3.63, 3.8) is 0 Å². The van der Waals surface area contributed by atoms with Crippen molar-refractivity contribution >= 4 is 0 Å². The molecule has 0 heterocycles. The molecule has 1 N–H and O–H groups in total. The Labute approximate surface area is 181 Å². The van der Waals surface area contributed by atoms with Crippen LogP contribution in [0.25, 0.3) is 0 Å². The van der Waals surface area contributed by atoms with Crippen molar-refractivity contribution in [1.29, 1.82) is 0 Å². The minimum Gasteiger partial charge on any atom is -0.491 e. The standard InChI is InChI=1S/C26H40F2O2/c1-4-6-18-7-11-20(12-8-18)21-13-9-19(10-14-21)16-22(29)24-17(3)15-23(30-5-2)25(27)26(24)28/h15,18-22,29H,4-14,16H2,1-3H3. The van der Waals surface area contributed by atoms with Gasteiger partial charge in [0.1, 0.15) is 0 Å². The van der Waals surface area contributed by atoms with Crippen LogP contribution < -0.4 is 4.74 Å². The molecule has 0 aromatic heterocycles. The van der Waals surface area contributed by atoms with Crippen molar-refractivity contribution in [2.24, 2.45) is 23.7 Å². The Morgan fingerprint density at radius 1 is 0.933 bits per heavy atom. The third-order valence-electron chi connectivity index (χ3n) is 7.75. The van der Waals surface area contributed by atoms with E-state index in [0.717, 1.165) is 30.6 Å². The number of halogens is 2. The Bertz CT molecular complexity index is 674. The van der Waals surface area contributed by atoms with Crippen LogP contribution in [-0.2, 0) is 0 Å². The van der Waals surface area contributed by atoms with Crippen molar-refractivity contribution in [3.05, 3.63) is 28.8 Å². The molecule has 170 valence electrons. The number of benzene rings is 1. The SMILES string of the molecule is CCCC1CCC(C2CCC(CC(O)c3c(C)cc(OCC)c(F)c3F)CC2)CC1. The number of aryl methyl sites for hydroxylation is 1. The first-order valence-corrected chi connectivity index (χ1v) is 12.2.